The highest BCUT2D eigenvalue weighted by molar-refractivity contribution is 7.90. The molecule has 0 radical (unpaired) electrons. The third-order valence-corrected chi connectivity index (χ3v) is 4.39. The minimum atomic E-state index is -3.21. The summed E-state index contributed by atoms with van der Waals surface area (Å²) in [5.41, 5.74) is 0.591. The molecule has 6 nitrogen and oxygen atoms in total. The summed E-state index contributed by atoms with van der Waals surface area (Å²) in [5, 5.41) is 2.77. The molecule has 1 aliphatic rings. The molecule has 1 aromatic carbocycles. The van der Waals surface area contributed by atoms with Gasteiger partial charge in [0.2, 0.25) is 5.91 Å². The first kappa shape index (κ1) is 15.9. The summed E-state index contributed by atoms with van der Waals surface area (Å²) in [6.45, 7) is 4.40. The standard InChI is InChI=1S/C14H20N2O4S/c1-11-9-16(7-8-20-11)10-14(17)15-12-3-5-13(6-4-12)21(2,18)19/h3-6,11H,7-10H2,1-2H3,(H,15,17). The Morgan fingerprint density at radius 2 is 2.05 bits per heavy atom. The van der Waals surface area contributed by atoms with Crippen LogP contribution in [0, 0.1) is 0 Å². The first-order valence-electron chi connectivity index (χ1n) is 6.78. The third-order valence-electron chi connectivity index (χ3n) is 3.26. The van der Waals surface area contributed by atoms with Crippen molar-refractivity contribution in [3.05, 3.63) is 24.3 Å². The first-order valence-corrected chi connectivity index (χ1v) is 8.67. The number of sulfone groups is 1. The molecular formula is C14H20N2O4S. The van der Waals surface area contributed by atoms with Crippen LogP contribution in [0.25, 0.3) is 0 Å². The van der Waals surface area contributed by atoms with Gasteiger partial charge in [-0.25, -0.2) is 8.42 Å². The maximum absolute atomic E-state index is 12.0. The SMILES string of the molecule is CC1CN(CC(=O)Nc2ccc(S(C)(=O)=O)cc2)CCO1. The van der Waals surface area contributed by atoms with E-state index in [-0.39, 0.29) is 16.9 Å². The molecule has 1 heterocycles. The van der Waals surface area contributed by atoms with E-state index >= 15 is 0 Å². The van der Waals surface area contributed by atoms with Crippen molar-refractivity contribution in [2.24, 2.45) is 0 Å². The summed E-state index contributed by atoms with van der Waals surface area (Å²) in [5.74, 6) is -0.115. The maximum Gasteiger partial charge on any atom is 0.238 e. The van der Waals surface area contributed by atoms with E-state index in [9.17, 15) is 13.2 Å². The van der Waals surface area contributed by atoms with Gasteiger partial charge in [0.15, 0.2) is 9.84 Å². The molecule has 0 spiro atoms. The zero-order valence-electron chi connectivity index (χ0n) is 12.2. The zero-order valence-corrected chi connectivity index (χ0v) is 13.0. The molecule has 7 heteroatoms. The van der Waals surface area contributed by atoms with Crippen LogP contribution in [0.4, 0.5) is 5.69 Å². The number of carbonyl (C=O) groups is 1. The fourth-order valence-corrected chi connectivity index (χ4v) is 2.85. The van der Waals surface area contributed by atoms with Crippen LogP contribution in [0.5, 0.6) is 0 Å². The van der Waals surface area contributed by atoms with E-state index in [0.29, 0.717) is 18.8 Å². The van der Waals surface area contributed by atoms with Gasteiger partial charge < -0.3 is 10.1 Å². The minimum Gasteiger partial charge on any atom is -0.376 e. The summed E-state index contributed by atoms with van der Waals surface area (Å²) in [6, 6.07) is 6.16. The van der Waals surface area contributed by atoms with E-state index in [2.05, 4.69) is 5.32 Å². The largest absolute Gasteiger partial charge is 0.376 e. The molecule has 2 rings (SSSR count). The number of anilines is 1. The highest BCUT2D eigenvalue weighted by Crippen LogP contribution is 2.14. The highest BCUT2D eigenvalue weighted by atomic mass is 32.2. The van der Waals surface area contributed by atoms with E-state index in [1.165, 1.54) is 12.1 Å². The van der Waals surface area contributed by atoms with Gasteiger partial charge in [0, 0.05) is 25.0 Å². The van der Waals surface area contributed by atoms with Crippen LogP contribution >= 0.6 is 0 Å². The maximum atomic E-state index is 12.0. The van der Waals surface area contributed by atoms with Gasteiger partial charge >= 0.3 is 0 Å². The lowest BCUT2D eigenvalue weighted by Gasteiger charge is -2.30. The fourth-order valence-electron chi connectivity index (χ4n) is 2.22. The van der Waals surface area contributed by atoms with Crippen LogP contribution in [-0.2, 0) is 19.4 Å². The van der Waals surface area contributed by atoms with E-state index in [0.717, 1.165) is 19.3 Å². The van der Waals surface area contributed by atoms with Crippen molar-refractivity contribution in [2.75, 3.05) is 37.8 Å². The van der Waals surface area contributed by atoms with E-state index in [1.807, 2.05) is 11.8 Å². The van der Waals surface area contributed by atoms with Gasteiger partial charge in [-0.05, 0) is 31.2 Å². The molecule has 0 saturated carbocycles. The van der Waals surface area contributed by atoms with Crippen molar-refractivity contribution in [2.45, 2.75) is 17.9 Å². The number of hydrogen-bond donors (Lipinski definition) is 1. The Kier molecular flexibility index (Phi) is 4.97. The van der Waals surface area contributed by atoms with Gasteiger partial charge in [-0.2, -0.15) is 0 Å². The van der Waals surface area contributed by atoms with Gasteiger partial charge in [-0.1, -0.05) is 0 Å². The van der Waals surface area contributed by atoms with Crippen molar-refractivity contribution >= 4 is 21.4 Å². The minimum absolute atomic E-state index is 0.115. The molecule has 1 N–H and O–H groups in total. The predicted molar refractivity (Wildman–Crippen MR) is 80.0 cm³/mol. The van der Waals surface area contributed by atoms with Crippen molar-refractivity contribution < 1.29 is 17.9 Å². The van der Waals surface area contributed by atoms with Crippen LogP contribution in [0.3, 0.4) is 0 Å². The molecule has 1 aromatic rings. The zero-order chi connectivity index (χ0) is 15.5. The normalized spacial score (nSPS) is 20.2. The van der Waals surface area contributed by atoms with Crippen LogP contribution in [0.2, 0.25) is 0 Å². The fraction of sp³-hybridized carbons (Fsp3) is 0.500. The number of morpholine rings is 1. The monoisotopic (exact) mass is 312 g/mol. The lowest BCUT2D eigenvalue weighted by Crippen LogP contribution is -2.44. The quantitative estimate of drug-likeness (QED) is 0.888. The molecule has 1 saturated heterocycles. The summed E-state index contributed by atoms with van der Waals surface area (Å²) >= 11 is 0. The number of ether oxygens (including phenoxy) is 1. The van der Waals surface area contributed by atoms with Crippen molar-refractivity contribution in [1.82, 2.24) is 4.90 Å². The summed E-state index contributed by atoms with van der Waals surface area (Å²) in [4.78, 5) is 14.2. The van der Waals surface area contributed by atoms with E-state index in [4.69, 9.17) is 4.74 Å². The number of carbonyl (C=O) groups excluding carboxylic acids is 1. The van der Waals surface area contributed by atoms with Crippen LogP contribution in [0.15, 0.2) is 29.2 Å². The molecule has 1 unspecified atom stereocenters. The molecule has 1 atom stereocenters. The Bertz CT molecular complexity index is 598. The second-order valence-corrected chi connectivity index (χ2v) is 7.28. The van der Waals surface area contributed by atoms with Crippen LogP contribution in [0.1, 0.15) is 6.92 Å². The molecule has 1 aliphatic heterocycles. The topological polar surface area (TPSA) is 75.7 Å². The summed E-state index contributed by atoms with van der Waals surface area (Å²) in [7, 11) is -3.21. The Labute approximate surface area is 125 Å². The van der Waals surface area contributed by atoms with Crippen LogP contribution in [-0.4, -0.2) is 57.8 Å². The molecule has 1 fully saturated rings. The highest BCUT2D eigenvalue weighted by Gasteiger charge is 2.18. The van der Waals surface area contributed by atoms with Gasteiger partial charge in [0.1, 0.15) is 0 Å². The second-order valence-electron chi connectivity index (χ2n) is 5.26. The summed E-state index contributed by atoms with van der Waals surface area (Å²) < 4.78 is 28.1. The molecule has 116 valence electrons. The van der Waals surface area contributed by atoms with Gasteiger partial charge in [0.25, 0.3) is 0 Å². The third kappa shape index (κ3) is 4.80. The van der Waals surface area contributed by atoms with Gasteiger partial charge in [0.05, 0.1) is 24.2 Å². The lowest BCUT2D eigenvalue weighted by atomic mass is 10.3. The average molecular weight is 312 g/mol. The van der Waals surface area contributed by atoms with Crippen molar-refractivity contribution in [1.29, 1.82) is 0 Å². The molecule has 0 aromatic heterocycles. The smallest absolute Gasteiger partial charge is 0.238 e. The Balaban J connectivity index is 1.90. The van der Waals surface area contributed by atoms with E-state index in [1.54, 1.807) is 12.1 Å². The van der Waals surface area contributed by atoms with Crippen molar-refractivity contribution in [3.63, 3.8) is 0 Å². The second kappa shape index (κ2) is 6.55. The predicted octanol–water partition coefficient (Wildman–Crippen LogP) is 0.749. The Morgan fingerprint density at radius 3 is 2.62 bits per heavy atom. The Hall–Kier alpha value is -1.44. The summed E-state index contributed by atoms with van der Waals surface area (Å²) in [6.07, 6.45) is 1.29. The van der Waals surface area contributed by atoms with Crippen LogP contribution < -0.4 is 5.32 Å². The van der Waals surface area contributed by atoms with Gasteiger partial charge in [-0.3, -0.25) is 9.69 Å². The number of rotatable bonds is 4. The number of benzene rings is 1. The van der Waals surface area contributed by atoms with E-state index < -0.39 is 9.84 Å². The lowest BCUT2D eigenvalue weighted by molar-refractivity contribution is -0.119. The van der Waals surface area contributed by atoms with Gasteiger partial charge in [-0.15, -0.1) is 0 Å². The first-order chi connectivity index (χ1) is 9.84. The molecular weight excluding hydrogens is 292 g/mol. The number of nitrogens with zero attached hydrogens (tertiary/aromatic N) is 1. The van der Waals surface area contributed by atoms with Crippen molar-refractivity contribution in [3.8, 4) is 0 Å². The Morgan fingerprint density at radius 1 is 1.38 bits per heavy atom. The average Bonchev–Trinajstić information content (AvgIpc) is 2.38. The molecule has 0 aliphatic carbocycles. The molecule has 21 heavy (non-hydrogen) atoms. The number of hydrogen-bond acceptors (Lipinski definition) is 5. The molecule has 1 amide bonds. The number of amides is 1. The number of nitrogens with one attached hydrogen (secondary N) is 1. The molecule has 0 bridgehead atoms.